The molecule has 3 unspecified atom stereocenters. The number of aliphatic carboxylic acids is 4. The van der Waals surface area contributed by atoms with E-state index in [2.05, 4.69) is 32.1 Å². The quantitative estimate of drug-likeness (QED) is 0.0446. The molecular formula is C22H26O19S. The van der Waals surface area contributed by atoms with Crippen LogP contribution in [0.25, 0.3) is 0 Å². The van der Waals surface area contributed by atoms with Gasteiger partial charge in [-0.3, -0.25) is 33.3 Å². The van der Waals surface area contributed by atoms with Gasteiger partial charge in [0.15, 0.2) is 5.25 Å². The molecule has 19 nitrogen and oxygen atoms in total. The lowest BCUT2D eigenvalue weighted by molar-refractivity contribution is -0.190. The number of carboxylic acids is 4. The number of hydrogen-bond donors (Lipinski definition) is 5. The highest BCUT2D eigenvalue weighted by Gasteiger charge is 2.52. The number of esters is 4. The summed E-state index contributed by atoms with van der Waals surface area (Å²) in [4.78, 5) is 95.5. The molecule has 0 aromatic heterocycles. The molecule has 42 heavy (non-hydrogen) atoms. The molecule has 0 aliphatic carbocycles. The van der Waals surface area contributed by atoms with E-state index in [0.29, 0.717) is 0 Å². The fourth-order valence-corrected chi connectivity index (χ4v) is 3.64. The number of carbonyl (C=O) groups excluding carboxylic acids is 4. The van der Waals surface area contributed by atoms with Gasteiger partial charge < -0.3 is 39.4 Å². The second kappa shape index (κ2) is 15.8. The summed E-state index contributed by atoms with van der Waals surface area (Å²) >= 11 is 0. The molecule has 234 valence electrons. The third-order valence-corrected chi connectivity index (χ3v) is 5.90. The van der Waals surface area contributed by atoms with Crippen LogP contribution in [0.3, 0.4) is 0 Å². The van der Waals surface area contributed by atoms with Crippen LogP contribution in [0, 0.1) is 0 Å². The Morgan fingerprint density at radius 3 is 1.36 bits per heavy atom. The first-order valence-corrected chi connectivity index (χ1v) is 12.6. The minimum Gasteiger partial charge on any atom is -0.481 e. The lowest BCUT2D eigenvalue weighted by Gasteiger charge is -2.29. The molecule has 20 heteroatoms. The average Bonchev–Trinajstić information content (AvgIpc) is 2.82. The van der Waals surface area contributed by atoms with Crippen molar-refractivity contribution >= 4 is 57.9 Å². The van der Waals surface area contributed by atoms with Crippen LogP contribution in [0.2, 0.25) is 0 Å². The molecule has 0 radical (unpaired) electrons. The van der Waals surface area contributed by atoms with Gasteiger partial charge in [0.05, 0.1) is 32.1 Å². The Morgan fingerprint density at radius 1 is 0.667 bits per heavy atom. The summed E-state index contributed by atoms with van der Waals surface area (Å²) in [5.41, 5.74) is -6.59. The summed E-state index contributed by atoms with van der Waals surface area (Å²) in [5.74, 6) is -15.7. The van der Waals surface area contributed by atoms with Crippen molar-refractivity contribution in [2.75, 3.05) is 13.2 Å². The minimum atomic E-state index is -5.77. The van der Waals surface area contributed by atoms with E-state index in [-0.39, 0.29) is 0 Å². The highest BCUT2D eigenvalue weighted by atomic mass is 32.2. The summed E-state index contributed by atoms with van der Waals surface area (Å²) in [7, 11) is -5.77. The number of hydrogen-bond acceptors (Lipinski definition) is 14. The van der Waals surface area contributed by atoms with E-state index in [1.54, 1.807) is 0 Å². The fraction of sp³-hybridized carbons (Fsp3) is 0.455. The Morgan fingerprint density at radius 2 is 1.05 bits per heavy atom. The maximum absolute atomic E-state index is 12.7. The van der Waals surface area contributed by atoms with Crippen molar-refractivity contribution in [3.05, 3.63) is 25.3 Å². The number of carbonyl (C=O) groups is 8. The Bertz CT molecular complexity index is 1230. The van der Waals surface area contributed by atoms with Crippen molar-refractivity contribution in [2.24, 2.45) is 0 Å². The van der Waals surface area contributed by atoms with Crippen molar-refractivity contribution in [1.29, 1.82) is 0 Å². The SMILES string of the molecule is C=CCOC(=O)CC(CC(=O)O)(OC(=O)CC(C(=O)OC(CC(=O)O)(CC(=O)OCC=C)C(=O)O)S(=O)(=O)O)C(=O)O. The zero-order valence-corrected chi connectivity index (χ0v) is 22.3. The van der Waals surface area contributed by atoms with Crippen LogP contribution in [0.4, 0.5) is 0 Å². The summed E-state index contributed by atoms with van der Waals surface area (Å²) in [6, 6.07) is 0. The first kappa shape index (κ1) is 37.1. The van der Waals surface area contributed by atoms with Crippen LogP contribution in [-0.4, -0.2) is 111 Å². The zero-order chi connectivity index (χ0) is 32.9. The van der Waals surface area contributed by atoms with Crippen molar-refractivity contribution in [3.8, 4) is 0 Å². The maximum atomic E-state index is 12.7. The number of rotatable bonds is 20. The molecule has 5 N–H and O–H groups in total. The lowest BCUT2D eigenvalue weighted by atomic mass is 9.95. The normalized spacial score (nSPS) is 14.4. The second-order valence-electron chi connectivity index (χ2n) is 8.14. The highest BCUT2D eigenvalue weighted by Crippen LogP contribution is 2.27. The molecule has 0 aromatic rings. The number of carboxylic acid groups (broad SMARTS) is 4. The highest BCUT2D eigenvalue weighted by molar-refractivity contribution is 7.87. The molecule has 0 aliphatic rings. The summed E-state index contributed by atoms with van der Waals surface area (Å²) in [6.45, 7) is 5.45. The molecule has 0 rings (SSSR count). The van der Waals surface area contributed by atoms with Crippen LogP contribution in [0.15, 0.2) is 25.3 Å². The van der Waals surface area contributed by atoms with E-state index >= 15 is 0 Å². The van der Waals surface area contributed by atoms with E-state index in [1.807, 2.05) is 0 Å². The van der Waals surface area contributed by atoms with Gasteiger partial charge >= 0.3 is 47.8 Å². The standard InChI is InChI=1S/C22H26O19S/c1-3-5-38-16(28)10-21(19(31)32,8-13(23)24)40-15(27)7-12(42(35,36)37)18(30)41-22(20(33)34,9-14(25)26)11-17(29)39-6-4-2/h3-4,12H,1-2,5-11H2,(H,23,24)(H,25,26)(H,31,32)(H,33,34)(H,35,36,37). The van der Waals surface area contributed by atoms with Gasteiger partial charge in [-0.25, -0.2) is 9.59 Å². The predicted octanol–water partition coefficient (Wildman–Crippen LogP) is -1.45. The molecular weight excluding hydrogens is 600 g/mol. The van der Waals surface area contributed by atoms with Gasteiger partial charge in [0.25, 0.3) is 10.1 Å². The van der Waals surface area contributed by atoms with Gasteiger partial charge in [-0.15, -0.1) is 0 Å². The first-order chi connectivity index (χ1) is 19.2. The van der Waals surface area contributed by atoms with Crippen molar-refractivity contribution in [3.63, 3.8) is 0 Å². The lowest BCUT2D eigenvalue weighted by Crippen LogP contribution is -2.51. The molecule has 0 saturated heterocycles. The van der Waals surface area contributed by atoms with E-state index < -0.39 is 120 Å². The van der Waals surface area contributed by atoms with E-state index in [0.717, 1.165) is 12.2 Å². The third kappa shape index (κ3) is 11.7. The molecule has 0 amide bonds. The van der Waals surface area contributed by atoms with Crippen LogP contribution in [0.1, 0.15) is 32.1 Å². The predicted molar refractivity (Wildman–Crippen MR) is 129 cm³/mol. The monoisotopic (exact) mass is 626 g/mol. The summed E-state index contributed by atoms with van der Waals surface area (Å²) in [6.07, 6.45) is -6.00. The Labute approximate surface area is 236 Å². The molecule has 0 saturated carbocycles. The van der Waals surface area contributed by atoms with Crippen molar-refractivity contribution < 1.29 is 90.7 Å². The Hall–Kier alpha value is -4.85. The topological polar surface area (TPSA) is 309 Å². The molecule has 3 atom stereocenters. The Balaban J connectivity index is 6.42. The second-order valence-corrected chi connectivity index (χ2v) is 9.74. The van der Waals surface area contributed by atoms with Gasteiger partial charge in [0, 0.05) is 0 Å². The van der Waals surface area contributed by atoms with Gasteiger partial charge in [-0.05, 0) is 0 Å². The molecule has 0 fully saturated rings. The van der Waals surface area contributed by atoms with E-state index in [9.17, 15) is 61.5 Å². The van der Waals surface area contributed by atoms with E-state index in [1.165, 1.54) is 0 Å². The van der Waals surface area contributed by atoms with Crippen LogP contribution in [-0.2, 0) is 67.4 Å². The van der Waals surface area contributed by atoms with Crippen molar-refractivity contribution in [1.82, 2.24) is 0 Å². The average molecular weight is 626 g/mol. The number of ether oxygens (including phenoxy) is 4. The van der Waals surface area contributed by atoms with E-state index in [4.69, 9.17) is 10.2 Å². The van der Waals surface area contributed by atoms with Crippen LogP contribution < -0.4 is 0 Å². The van der Waals surface area contributed by atoms with Gasteiger partial charge in [-0.1, -0.05) is 25.3 Å². The molecule has 0 heterocycles. The van der Waals surface area contributed by atoms with Gasteiger partial charge in [-0.2, -0.15) is 8.42 Å². The maximum Gasteiger partial charge on any atom is 0.349 e. The first-order valence-electron chi connectivity index (χ1n) is 11.1. The van der Waals surface area contributed by atoms with Crippen LogP contribution in [0.5, 0.6) is 0 Å². The van der Waals surface area contributed by atoms with Crippen molar-refractivity contribution in [2.45, 2.75) is 48.6 Å². The molecule has 0 bridgehead atoms. The fourth-order valence-electron chi connectivity index (χ4n) is 3.00. The zero-order valence-electron chi connectivity index (χ0n) is 21.5. The van der Waals surface area contributed by atoms with Gasteiger partial charge in [0.2, 0.25) is 11.2 Å². The molecule has 0 aliphatic heterocycles. The minimum absolute atomic E-state index is 0.477. The van der Waals surface area contributed by atoms with Crippen LogP contribution >= 0.6 is 0 Å². The largest absolute Gasteiger partial charge is 0.481 e. The smallest absolute Gasteiger partial charge is 0.349 e. The Kier molecular flexibility index (Phi) is 14.0. The molecule has 0 aromatic carbocycles. The summed E-state index contributed by atoms with van der Waals surface area (Å²) < 4.78 is 51.5. The molecule has 0 spiro atoms. The van der Waals surface area contributed by atoms with Gasteiger partial charge in [0.1, 0.15) is 13.2 Å². The third-order valence-electron chi connectivity index (χ3n) is 4.82. The summed E-state index contributed by atoms with van der Waals surface area (Å²) in [5, 5.41) is 34.2.